The van der Waals surface area contributed by atoms with Crippen LogP contribution in [0.5, 0.6) is 5.75 Å². The van der Waals surface area contributed by atoms with Crippen LogP contribution in [-0.4, -0.2) is 15.9 Å². The van der Waals surface area contributed by atoms with Crippen LogP contribution in [0.4, 0.5) is 11.4 Å². The average Bonchev–Trinajstić information content (AvgIpc) is 3.46. The van der Waals surface area contributed by atoms with Crippen molar-refractivity contribution >= 4 is 52.3 Å². The zero-order valence-electron chi connectivity index (χ0n) is 18.4. The van der Waals surface area contributed by atoms with Gasteiger partial charge in [0.25, 0.3) is 11.6 Å². The van der Waals surface area contributed by atoms with Crippen LogP contribution in [0, 0.1) is 10.1 Å². The van der Waals surface area contributed by atoms with Crippen molar-refractivity contribution in [2.45, 2.75) is 0 Å². The van der Waals surface area contributed by atoms with Gasteiger partial charge in [-0.1, -0.05) is 53.5 Å². The highest BCUT2D eigenvalue weighted by atomic mass is 35.5. The summed E-state index contributed by atoms with van der Waals surface area (Å²) < 4.78 is 5.92. The van der Waals surface area contributed by atoms with E-state index < -0.39 is 10.8 Å². The van der Waals surface area contributed by atoms with Crippen LogP contribution in [0.3, 0.4) is 0 Å². The Kier molecular flexibility index (Phi) is 6.10. The Balaban J connectivity index is 1.55. The number of hydrogen-bond acceptors (Lipinski definition) is 5. The highest BCUT2D eigenvalue weighted by Crippen LogP contribution is 2.41. The Morgan fingerprint density at radius 1 is 0.917 bits per heavy atom. The van der Waals surface area contributed by atoms with E-state index in [-0.39, 0.29) is 17.1 Å². The summed E-state index contributed by atoms with van der Waals surface area (Å²) in [5.41, 5.74) is 2.11. The van der Waals surface area contributed by atoms with Crippen LogP contribution < -0.4 is 4.90 Å². The molecule has 0 atom stereocenters. The van der Waals surface area contributed by atoms with E-state index >= 15 is 0 Å². The molecule has 2 heterocycles. The Hall–Kier alpha value is -4.33. The van der Waals surface area contributed by atoms with Gasteiger partial charge in [-0.25, -0.2) is 0 Å². The number of rotatable bonds is 5. The first kappa shape index (κ1) is 23.4. The Bertz CT molecular complexity index is 1570. The molecule has 178 valence electrons. The van der Waals surface area contributed by atoms with Crippen molar-refractivity contribution in [1.29, 1.82) is 0 Å². The van der Waals surface area contributed by atoms with Crippen LogP contribution in [0.15, 0.2) is 94.9 Å². The predicted molar refractivity (Wildman–Crippen MR) is 139 cm³/mol. The number of phenolic OH excluding ortho intramolecular Hbond substituents is 1. The summed E-state index contributed by atoms with van der Waals surface area (Å²) in [6, 6.07) is 21.4. The molecule has 1 aliphatic rings. The molecule has 1 N–H and O–H groups in total. The molecule has 0 fully saturated rings. The third-order valence-corrected chi connectivity index (χ3v) is 6.33. The van der Waals surface area contributed by atoms with Gasteiger partial charge in [0.15, 0.2) is 0 Å². The highest BCUT2D eigenvalue weighted by Gasteiger charge is 2.32. The second-order valence-corrected chi connectivity index (χ2v) is 8.71. The van der Waals surface area contributed by atoms with Gasteiger partial charge in [0.1, 0.15) is 17.3 Å². The molecule has 0 spiro atoms. The number of furan rings is 1. The lowest BCUT2D eigenvalue weighted by Gasteiger charge is -2.21. The molecule has 4 aromatic rings. The third-order valence-electron chi connectivity index (χ3n) is 5.59. The SMILES string of the molecule is O=C1C(=Cc2ccc(-c3ccc(Cl)c(Cl)c3)o2)C=C(c2ccccc2)N1c1ccc([N+](=O)[O-])cc1O. The first-order valence-corrected chi connectivity index (χ1v) is 11.4. The van der Waals surface area contributed by atoms with E-state index in [1.807, 2.05) is 30.3 Å². The van der Waals surface area contributed by atoms with E-state index in [4.69, 9.17) is 27.6 Å². The summed E-state index contributed by atoms with van der Waals surface area (Å²) in [5, 5.41) is 22.5. The molecule has 0 bridgehead atoms. The normalized spacial score (nSPS) is 14.4. The van der Waals surface area contributed by atoms with E-state index in [9.17, 15) is 20.0 Å². The van der Waals surface area contributed by atoms with Crippen molar-refractivity contribution in [1.82, 2.24) is 0 Å². The Morgan fingerprint density at radius 2 is 1.69 bits per heavy atom. The number of hydrogen-bond donors (Lipinski definition) is 1. The van der Waals surface area contributed by atoms with Crippen molar-refractivity contribution in [2.24, 2.45) is 0 Å². The highest BCUT2D eigenvalue weighted by molar-refractivity contribution is 6.42. The Morgan fingerprint density at radius 3 is 2.39 bits per heavy atom. The number of nitrogens with zero attached hydrogens (tertiary/aromatic N) is 2. The van der Waals surface area contributed by atoms with E-state index in [2.05, 4.69) is 0 Å². The van der Waals surface area contributed by atoms with Gasteiger partial charge >= 0.3 is 0 Å². The number of phenols is 1. The minimum absolute atomic E-state index is 0.125. The van der Waals surface area contributed by atoms with Gasteiger partial charge in [-0.05, 0) is 54.1 Å². The zero-order valence-corrected chi connectivity index (χ0v) is 19.9. The van der Waals surface area contributed by atoms with E-state index in [1.165, 1.54) is 17.0 Å². The second kappa shape index (κ2) is 9.37. The Labute approximate surface area is 215 Å². The first-order chi connectivity index (χ1) is 17.3. The summed E-state index contributed by atoms with van der Waals surface area (Å²) >= 11 is 12.1. The molecule has 1 aliphatic heterocycles. The molecule has 0 unspecified atom stereocenters. The number of halogens is 2. The van der Waals surface area contributed by atoms with Crippen LogP contribution in [0.25, 0.3) is 23.1 Å². The molecule has 0 aliphatic carbocycles. The van der Waals surface area contributed by atoms with E-state index in [0.717, 1.165) is 17.2 Å². The fraction of sp³-hybridized carbons (Fsp3) is 0. The summed E-state index contributed by atoms with van der Waals surface area (Å²) in [7, 11) is 0. The summed E-state index contributed by atoms with van der Waals surface area (Å²) in [6.45, 7) is 0. The second-order valence-electron chi connectivity index (χ2n) is 7.90. The molecular weight excluding hydrogens is 503 g/mol. The van der Waals surface area contributed by atoms with Crippen LogP contribution in [0.2, 0.25) is 10.0 Å². The fourth-order valence-corrected chi connectivity index (χ4v) is 4.18. The van der Waals surface area contributed by atoms with Gasteiger partial charge in [-0.2, -0.15) is 0 Å². The van der Waals surface area contributed by atoms with Gasteiger partial charge in [0.05, 0.1) is 32.4 Å². The maximum Gasteiger partial charge on any atom is 0.273 e. The van der Waals surface area contributed by atoms with Crippen LogP contribution >= 0.6 is 23.2 Å². The number of non-ortho nitro benzene ring substituents is 1. The number of nitro benzene ring substituents is 1. The smallest absolute Gasteiger partial charge is 0.273 e. The lowest BCUT2D eigenvalue weighted by Crippen LogP contribution is -2.25. The van der Waals surface area contributed by atoms with Gasteiger partial charge in [-0.15, -0.1) is 0 Å². The monoisotopic (exact) mass is 518 g/mol. The van der Waals surface area contributed by atoms with Crippen molar-refractivity contribution in [2.75, 3.05) is 4.90 Å². The van der Waals surface area contributed by atoms with Crippen molar-refractivity contribution < 1.29 is 19.2 Å². The number of anilines is 1. The molecule has 7 nitrogen and oxygen atoms in total. The lowest BCUT2D eigenvalue weighted by atomic mass is 10.1. The molecule has 36 heavy (non-hydrogen) atoms. The van der Waals surface area contributed by atoms with Crippen molar-refractivity contribution in [3.05, 3.63) is 122 Å². The third kappa shape index (κ3) is 4.37. The molecule has 9 heteroatoms. The number of aromatic hydroxyl groups is 1. The molecule has 0 saturated heterocycles. The van der Waals surface area contributed by atoms with E-state index in [0.29, 0.717) is 32.8 Å². The topological polar surface area (TPSA) is 96.8 Å². The average molecular weight is 519 g/mol. The molecule has 1 amide bonds. The van der Waals surface area contributed by atoms with Gasteiger partial charge < -0.3 is 9.52 Å². The van der Waals surface area contributed by atoms with Gasteiger partial charge in [-0.3, -0.25) is 19.8 Å². The molecule has 3 aromatic carbocycles. The van der Waals surface area contributed by atoms with Crippen LogP contribution in [-0.2, 0) is 4.79 Å². The number of carbonyl (C=O) groups is 1. The molecule has 5 rings (SSSR count). The van der Waals surface area contributed by atoms with Gasteiger partial charge in [0.2, 0.25) is 0 Å². The number of nitro groups is 1. The molecule has 1 aromatic heterocycles. The van der Waals surface area contributed by atoms with Gasteiger partial charge in [0, 0.05) is 17.2 Å². The largest absolute Gasteiger partial charge is 0.505 e. The predicted octanol–water partition coefficient (Wildman–Crippen LogP) is 7.34. The maximum atomic E-state index is 13.5. The van der Waals surface area contributed by atoms with E-state index in [1.54, 1.807) is 42.5 Å². The summed E-state index contributed by atoms with van der Waals surface area (Å²) in [5.74, 6) is 0.159. The number of carbonyl (C=O) groups excluding carboxylic acids is 1. The minimum Gasteiger partial charge on any atom is -0.505 e. The minimum atomic E-state index is -0.614. The molecule has 0 radical (unpaired) electrons. The fourth-order valence-electron chi connectivity index (χ4n) is 3.88. The van der Waals surface area contributed by atoms with Crippen LogP contribution in [0.1, 0.15) is 11.3 Å². The van der Waals surface area contributed by atoms with Crippen molar-refractivity contribution in [3.63, 3.8) is 0 Å². The number of amides is 1. The number of benzene rings is 3. The summed E-state index contributed by atoms with van der Waals surface area (Å²) in [4.78, 5) is 25.3. The standard InChI is InChI=1S/C27H16Cl2N2O5/c28-21-9-6-17(13-22(21)29)26-11-8-20(36-26)12-18-14-24(16-4-2-1-3-5-16)30(27(18)33)23-10-7-19(31(34)35)15-25(23)32/h1-15,32H. The van der Waals surface area contributed by atoms with Crippen molar-refractivity contribution in [3.8, 4) is 17.1 Å². The molecule has 0 saturated carbocycles. The lowest BCUT2D eigenvalue weighted by molar-refractivity contribution is -0.384. The zero-order chi connectivity index (χ0) is 25.4. The maximum absolute atomic E-state index is 13.5. The first-order valence-electron chi connectivity index (χ1n) is 10.7. The molecular formula is C27H16Cl2N2O5. The quantitative estimate of drug-likeness (QED) is 0.169. The summed E-state index contributed by atoms with van der Waals surface area (Å²) in [6.07, 6.45) is 3.27.